The van der Waals surface area contributed by atoms with Crippen molar-refractivity contribution in [2.45, 2.75) is 31.4 Å². The molecule has 1 aliphatic carbocycles. The van der Waals surface area contributed by atoms with Crippen LogP contribution in [0.5, 0.6) is 0 Å². The third-order valence-electron chi connectivity index (χ3n) is 3.81. The molecular formula is C13H15BrFN3O. The summed E-state index contributed by atoms with van der Waals surface area (Å²) < 4.78 is 21.5. The fourth-order valence-corrected chi connectivity index (χ4v) is 3.27. The molecule has 2 unspecified atom stereocenters. The number of hydrogen-bond donors (Lipinski definition) is 1. The van der Waals surface area contributed by atoms with Crippen molar-refractivity contribution in [3.05, 3.63) is 22.4 Å². The summed E-state index contributed by atoms with van der Waals surface area (Å²) in [6.07, 6.45) is 3.26. The lowest BCUT2D eigenvalue weighted by atomic mass is 10.2. The van der Waals surface area contributed by atoms with Crippen molar-refractivity contribution in [1.82, 2.24) is 9.55 Å². The van der Waals surface area contributed by atoms with E-state index in [1.165, 1.54) is 6.07 Å². The highest BCUT2D eigenvalue weighted by molar-refractivity contribution is 9.10. The smallest absolute Gasteiger partial charge is 0.201 e. The monoisotopic (exact) mass is 327 g/mol. The zero-order valence-corrected chi connectivity index (χ0v) is 12.2. The lowest BCUT2D eigenvalue weighted by Crippen LogP contribution is -2.21. The van der Waals surface area contributed by atoms with Crippen molar-refractivity contribution in [2.24, 2.45) is 0 Å². The van der Waals surface area contributed by atoms with Crippen LogP contribution in [0.1, 0.15) is 25.3 Å². The molecule has 4 nitrogen and oxygen atoms in total. The van der Waals surface area contributed by atoms with Crippen LogP contribution in [0.25, 0.3) is 11.0 Å². The number of methoxy groups -OCH3 is 1. The Balaban J connectivity index is 2.17. The number of benzene rings is 1. The summed E-state index contributed by atoms with van der Waals surface area (Å²) in [5, 5.41) is 0. The second-order valence-electron chi connectivity index (χ2n) is 4.87. The fraction of sp³-hybridized carbons (Fsp3) is 0.462. The van der Waals surface area contributed by atoms with Gasteiger partial charge < -0.3 is 15.0 Å². The zero-order valence-electron chi connectivity index (χ0n) is 10.6. The van der Waals surface area contributed by atoms with Crippen LogP contribution in [0.15, 0.2) is 16.6 Å². The topological polar surface area (TPSA) is 53.1 Å². The molecule has 1 aromatic heterocycles. The number of nitrogens with zero attached hydrogens (tertiary/aromatic N) is 2. The van der Waals surface area contributed by atoms with Crippen molar-refractivity contribution < 1.29 is 9.13 Å². The molecule has 0 radical (unpaired) electrons. The van der Waals surface area contributed by atoms with E-state index in [0.717, 1.165) is 24.8 Å². The molecule has 2 aromatic rings. The Morgan fingerprint density at radius 1 is 1.47 bits per heavy atom. The maximum atomic E-state index is 13.5. The SMILES string of the molecule is COC1CCCC1n1c(N)nc2cc(F)c(Br)cc21. The van der Waals surface area contributed by atoms with Crippen LogP contribution in [0.3, 0.4) is 0 Å². The Kier molecular flexibility index (Phi) is 3.22. The van der Waals surface area contributed by atoms with E-state index >= 15 is 0 Å². The van der Waals surface area contributed by atoms with Gasteiger partial charge in [-0.05, 0) is 41.3 Å². The summed E-state index contributed by atoms with van der Waals surface area (Å²) in [5.41, 5.74) is 7.44. The van der Waals surface area contributed by atoms with Crippen LogP contribution in [0, 0.1) is 5.82 Å². The number of nitrogen functional groups attached to an aromatic ring is 1. The fourth-order valence-electron chi connectivity index (χ4n) is 2.93. The quantitative estimate of drug-likeness (QED) is 0.921. The molecule has 0 bridgehead atoms. The number of fused-ring (bicyclic) bond motifs is 1. The summed E-state index contributed by atoms with van der Waals surface area (Å²) >= 11 is 3.21. The molecule has 0 saturated heterocycles. The van der Waals surface area contributed by atoms with Crippen LogP contribution >= 0.6 is 15.9 Å². The average Bonchev–Trinajstić information content (AvgIpc) is 2.93. The second kappa shape index (κ2) is 4.76. The molecule has 3 rings (SSSR count). The molecule has 0 spiro atoms. The van der Waals surface area contributed by atoms with Gasteiger partial charge >= 0.3 is 0 Å². The molecule has 6 heteroatoms. The van der Waals surface area contributed by atoms with E-state index in [4.69, 9.17) is 10.5 Å². The second-order valence-corrected chi connectivity index (χ2v) is 5.72. The van der Waals surface area contributed by atoms with Crippen molar-refractivity contribution in [3.63, 3.8) is 0 Å². The van der Waals surface area contributed by atoms with Gasteiger partial charge in [-0.3, -0.25) is 0 Å². The molecule has 1 heterocycles. The summed E-state index contributed by atoms with van der Waals surface area (Å²) in [5.74, 6) is 0.0910. The molecule has 1 fully saturated rings. The summed E-state index contributed by atoms with van der Waals surface area (Å²) in [6, 6.07) is 3.31. The number of aromatic nitrogens is 2. The molecule has 102 valence electrons. The maximum Gasteiger partial charge on any atom is 0.201 e. The van der Waals surface area contributed by atoms with Crippen molar-refractivity contribution in [3.8, 4) is 0 Å². The van der Waals surface area contributed by atoms with Crippen LogP contribution in [0.2, 0.25) is 0 Å². The highest BCUT2D eigenvalue weighted by atomic mass is 79.9. The Morgan fingerprint density at radius 3 is 3.00 bits per heavy atom. The van der Waals surface area contributed by atoms with Crippen LogP contribution < -0.4 is 5.73 Å². The molecular weight excluding hydrogens is 313 g/mol. The predicted octanol–water partition coefficient (Wildman–Crippen LogP) is 3.26. The normalized spacial score (nSPS) is 23.3. The van der Waals surface area contributed by atoms with Crippen molar-refractivity contribution >= 4 is 32.9 Å². The first-order valence-corrected chi connectivity index (χ1v) is 7.06. The molecule has 0 aliphatic heterocycles. The van der Waals surface area contributed by atoms with E-state index in [0.29, 0.717) is 15.9 Å². The van der Waals surface area contributed by atoms with Gasteiger partial charge in [0.2, 0.25) is 5.95 Å². The van der Waals surface area contributed by atoms with E-state index in [1.54, 1.807) is 13.2 Å². The Hall–Kier alpha value is -1.14. The minimum Gasteiger partial charge on any atom is -0.379 e. The van der Waals surface area contributed by atoms with E-state index in [1.807, 2.05) is 4.57 Å². The van der Waals surface area contributed by atoms with E-state index in [-0.39, 0.29) is 18.0 Å². The summed E-state index contributed by atoms with van der Waals surface area (Å²) in [6.45, 7) is 0. The molecule has 0 amide bonds. The van der Waals surface area contributed by atoms with E-state index in [9.17, 15) is 4.39 Å². The highest BCUT2D eigenvalue weighted by Crippen LogP contribution is 2.37. The van der Waals surface area contributed by atoms with Gasteiger partial charge in [-0.15, -0.1) is 0 Å². The number of hydrogen-bond acceptors (Lipinski definition) is 3. The van der Waals surface area contributed by atoms with Crippen LogP contribution in [0.4, 0.5) is 10.3 Å². The molecule has 1 saturated carbocycles. The number of anilines is 1. The van der Waals surface area contributed by atoms with E-state index in [2.05, 4.69) is 20.9 Å². The summed E-state index contributed by atoms with van der Waals surface area (Å²) in [7, 11) is 1.72. The number of ether oxygens (including phenoxy) is 1. The minimum atomic E-state index is -0.327. The molecule has 2 N–H and O–H groups in total. The highest BCUT2D eigenvalue weighted by Gasteiger charge is 2.31. The van der Waals surface area contributed by atoms with Gasteiger partial charge in [-0.25, -0.2) is 9.37 Å². The minimum absolute atomic E-state index is 0.142. The predicted molar refractivity (Wildman–Crippen MR) is 75.5 cm³/mol. The van der Waals surface area contributed by atoms with Gasteiger partial charge in [0, 0.05) is 13.2 Å². The van der Waals surface area contributed by atoms with Gasteiger partial charge in [0.1, 0.15) is 5.82 Å². The summed E-state index contributed by atoms with van der Waals surface area (Å²) in [4.78, 5) is 4.25. The first-order valence-electron chi connectivity index (χ1n) is 6.27. The van der Waals surface area contributed by atoms with Crippen molar-refractivity contribution in [2.75, 3.05) is 12.8 Å². The van der Waals surface area contributed by atoms with Gasteiger partial charge in [0.05, 0.1) is 27.7 Å². The van der Waals surface area contributed by atoms with Crippen LogP contribution in [-0.4, -0.2) is 22.8 Å². The average molecular weight is 328 g/mol. The van der Waals surface area contributed by atoms with Gasteiger partial charge in [-0.1, -0.05) is 0 Å². The lowest BCUT2D eigenvalue weighted by Gasteiger charge is -2.21. The Labute approximate surface area is 118 Å². The van der Waals surface area contributed by atoms with Crippen molar-refractivity contribution in [1.29, 1.82) is 0 Å². The molecule has 1 aromatic carbocycles. The first kappa shape index (κ1) is 12.9. The lowest BCUT2D eigenvalue weighted by molar-refractivity contribution is 0.0768. The Morgan fingerprint density at radius 2 is 2.26 bits per heavy atom. The molecule has 19 heavy (non-hydrogen) atoms. The third kappa shape index (κ3) is 2.03. The maximum absolute atomic E-state index is 13.5. The van der Waals surface area contributed by atoms with Crippen LogP contribution in [-0.2, 0) is 4.74 Å². The van der Waals surface area contributed by atoms with Gasteiger partial charge in [0.15, 0.2) is 0 Å². The molecule has 1 aliphatic rings. The first-order chi connectivity index (χ1) is 9.11. The standard InChI is InChI=1S/C13H15BrFN3O/c1-19-12-4-2-3-10(12)18-11-5-7(14)8(15)6-9(11)17-13(18)16/h5-6,10,12H,2-4H2,1H3,(H2,16,17). The number of halogens is 2. The number of nitrogens with two attached hydrogens (primary N) is 1. The molecule has 2 atom stereocenters. The van der Waals surface area contributed by atoms with E-state index < -0.39 is 0 Å². The Bertz CT molecular complexity index is 628. The number of imidazole rings is 1. The van der Waals surface area contributed by atoms with Gasteiger partial charge in [-0.2, -0.15) is 0 Å². The largest absolute Gasteiger partial charge is 0.379 e. The number of rotatable bonds is 2. The third-order valence-corrected chi connectivity index (χ3v) is 4.42. The zero-order chi connectivity index (χ0) is 13.6. The van der Waals surface area contributed by atoms with Gasteiger partial charge in [0.25, 0.3) is 0 Å².